The van der Waals surface area contributed by atoms with Gasteiger partial charge in [-0.1, -0.05) is 46.8 Å². The third kappa shape index (κ3) is 2.60. The lowest BCUT2D eigenvalue weighted by Crippen LogP contribution is -2.11. The molecule has 0 saturated heterocycles. The van der Waals surface area contributed by atoms with E-state index in [1.165, 1.54) is 5.56 Å². The molecule has 0 aliphatic rings. The van der Waals surface area contributed by atoms with E-state index in [9.17, 15) is 5.26 Å². The maximum atomic E-state index is 9.18. The Kier molecular flexibility index (Phi) is 3.67. The van der Waals surface area contributed by atoms with Gasteiger partial charge in [0.15, 0.2) is 0 Å². The first-order valence-electron chi connectivity index (χ1n) is 6.93. The van der Waals surface area contributed by atoms with Crippen molar-refractivity contribution >= 4 is 0 Å². The predicted molar refractivity (Wildman–Crippen MR) is 81.1 cm³/mol. The summed E-state index contributed by atoms with van der Waals surface area (Å²) in [6, 6.07) is 10.6. The van der Waals surface area contributed by atoms with Crippen molar-refractivity contribution in [1.82, 2.24) is 9.78 Å². The number of rotatable bonds is 2. The molecule has 0 N–H and O–H groups in total. The Balaban J connectivity index is 2.48. The lowest BCUT2D eigenvalue weighted by molar-refractivity contribution is 0.590. The fourth-order valence-corrected chi connectivity index (χ4v) is 2.31. The third-order valence-electron chi connectivity index (χ3n) is 3.45. The molecule has 3 heteroatoms. The van der Waals surface area contributed by atoms with Gasteiger partial charge in [-0.15, -0.1) is 0 Å². The van der Waals surface area contributed by atoms with Gasteiger partial charge >= 0.3 is 0 Å². The summed E-state index contributed by atoms with van der Waals surface area (Å²) in [5, 5.41) is 13.5. The lowest BCUT2D eigenvalue weighted by Gasteiger charge is -2.19. The topological polar surface area (TPSA) is 41.6 Å². The van der Waals surface area contributed by atoms with Crippen LogP contribution in [0, 0.1) is 11.3 Å². The summed E-state index contributed by atoms with van der Waals surface area (Å²) in [4.78, 5) is 0. The molecule has 0 saturated carbocycles. The molecular formula is C17H21N3. The zero-order chi connectivity index (χ0) is 14.9. The summed E-state index contributed by atoms with van der Waals surface area (Å²) in [6.45, 7) is 10.8. The molecule has 2 aromatic rings. The maximum absolute atomic E-state index is 9.18. The molecule has 0 bridgehead atoms. The molecule has 104 valence electrons. The number of benzene rings is 1. The second kappa shape index (κ2) is 5.13. The maximum Gasteiger partial charge on any atom is 0.103 e. The minimum Gasteiger partial charge on any atom is -0.236 e. The standard InChI is InChI=1S/C17H21N3/c1-12(2)16-13(10-18)11-19-20(16)15-8-6-14(7-9-15)17(3,4)5/h6-9,11-12H,1-5H3. The van der Waals surface area contributed by atoms with Crippen LogP contribution in [0.5, 0.6) is 0 Å². The summed E-state index contributed by atoms with van der Waals surface area (Å²) in [5.41, 5.74) is 4.06. The normalized spacial score (nSPS) is 11.7. The fourth-order valence-electron chi connectivity index (χ4n) is 2.31. The van der Waals surface area contributed by atoms with E-state index < -0.39 is 0 Å². The Labute approximate surface area is 120 Å². The van der Waals surface area contributed by atoms with Crippen LogP contribution < -0.4 is 0 Å². The number of hydrogen-bond donors (Lipinski definition) is 0. The highest BCUT2D eigenvalue weighted by Gasteiger charge is 2.17. The Hall–Kier alpha value is -2.08. The Morgan fingerprint density at radius 2 is 1.75 bits per heavy atom. The van der Waals surface area contributed by atoms with Gasteiger partial charge in [-0.3, -0.25) is 0 Å². The Morgan fingerprint density at radius 3 is 2.20 bits per heavy atom. The zero-order valence-electron chi connectivity index (χ0n) is 12.8. The second-order valence-corrected chi connectivity index (χ2v) is 6.42. The molecule has 0 spiro atoms. The van der Waals surface area contributed by atoms with Crippen molar-refractivity contribution < 1.29 is 0 Å². The van der Waals surface area contributed by atoms with Crippen molar-refractivity contribution in [3.8, 4) is 11.8 Å². The second-order valence-electron chi connectivity index (χ2n) is 6.42. The summed E-state index contributed by atoms with van der Waals surface area (Å²) in [6.07, 6.45) is 1.65. The SMILES string of the molecule is CC(C)c1c(C#N)cnn1-c1ccc(C(C)(C)C)cc1. The van der Waals surface area contributed by atoms with Gasteiger partial charge in [0.05, 0.1) is 23.1 Å². The molecule has 0 amide bonds. The van der Waals surface area contributed by atoms with Crippen LogP contribution in [-0.2, 0) is 5.41 Å². The summed E-state index contributed by atoms with van der Waals surface area (Å²) >= 11 is 0. The summed E-state index contributed by atoms with van der Waals surface area (Å²) in [5.74, 6) is 0.259. The van der Waals surface area contributed by atoms with Crippen molar-refractivity contribution in [2.75, 3.05) is 0 Å². The van der Waals surface area contributed by atoms with Crippen LogP contribution in [0.4, 0.5) is 0 Å². The van der Waals surface area contributed by atoms with Crippen LogP contribution in [0.3, 0.4) is 0 Å². The molecule has 0 aliphatic carbocycles. The molecule has 0 aliphatic heterocycles. The van der Waals surface area contributed by atoms with Crippen LogP contribution in [0.15, 0.2) is 30.5 Å². The van der Waals surface area contributed by atoms with Crippen LogP contribution in [0.1, 0.15) is 57.4 Å². The molecule has 1 aromatic heterocycles. The van der Waals surface area contributed by atoms with Crippen molar-refractivity contribution in [2.24, 2.45) is 0 Å². The highest BCUT2D eigenvalue weighted by Crippen LogP contribution is 2.26. The number of nitrogens with zero attached hydrogens (tertiary/aromatic N) is 3. The average molecular weight is 267 g/mol. The summed E-state index contributed by atoms with van der Waals surface area (Å²) < 4.78 is 1.87. The van der Waals surface area contributed by atoms with Gasteiger partial charge < -0.3 is 0 Å². The summed E-state index contributed by atoms with van der Waals surface area (Å²) in [7, 11) is 0. The van der Waals surface area contributed by atoms with Crippen LogP contribution in [0.2, 0.25) is 0 Å². The lowest BCUT2D eigenvalue weighted by atomic mass is 9.87. The molecule has 1 heterocycles. The zero-order valence-corrected chi connectivity index (χ0v) is 12.8. The highest BCUT2D eigenvalue weighted by molar-refractivity contribution is 5.42. The molecule has 1 aromatic carbocycles. The van der Waals surface area contributed by atoms with Crippen molar-refractivity contribution in [1.29, 1.82) is 5.26 Å². The number of hydrogen-bond acceptors (Lipinski definition) is 2. The average Bonchev–Trinajstić information content (AvgIpc) is 2.81. The Morgan fingerprint density at radius 1 is 1.15 bits per heavy atom. The minimum absolute atomic E-state index is 0.140. The van der Waals surface area contributed by atoms with Crippen LogP contribution in [0.25, 0.3) is 5.69 Å². The molecule has 0 radical (unpaired) electrons. The minimum atomic E-state index is 0.140. The van der Waals surface area contributed by atoms with Crippen molar-refractivity contribution in [3.63, 3.8) is 0 Å². The molecule has 2 rings (SSSR count). The molecular weight excluding hydrogens is 246 g/mol. The smallest absolute Gasteiger partial charge is 0.103 e. The van der Waals surface area contributed by atoms with Crippen LogP contribution in [-0.4, -0.2) is 9.78 Å². The monoisotopic (exact) mass is 267 g/mol. The van der Waals surface area contributed by atoms with Crippen molar-refractivity contribution in [2.45, 2.75) is 46.0 Å². The van der Waals surface area contributed by atoms with Gasteiger partial charge in [-0.25, -0.2) is 4.68 Å². The van der Waals surface area contributed by atoms with E-state index in [0.29, 0.717) is 5.56 Å². The van der Waals surface area contributed by atoms with Crippen LogP contribution >= 0.6 is 0 Å². The van der Waals surface area contributed by atoms with Gasteiger partial charge in [0.25, 0.3) is 0 Å². The van der Waals surface area contributed by atoms with E-state index in [-0.39, 0.29) is 11.3 Å². The Bertz CT molecular complexity index is 634. The highest BCUT2D eigenvalue weighted by atomic mass is 15.3. The molecule has 20 heavy (non-hydrogen) atoms. The van der Waals surface area contributed by atoms with E-state index in [1.807, 2.05) is 4.68 Å². The molecule has 3 nitrogen and oxygen atoms in total. The van der Waals surface area contributed by atoms with Gasteiger partial charge in [-0.05, 0) is 29.0 Å². The van der Waals surface area contributed by atoms with Crippen molar-refractivity contribution in [3.05, 3.63) is 47.3 Å². The largest absolute Gasteiger partial charge is 0.236 e. The number of aromatic nitrogens is 2. The first-order chi connectivity index (χ1) is 9.34. The molecule has 0 unspecified atom stereocenters. The quantitative estimate of drug-likeness (QED) is 0.819. The van der Waals surface area contributed by atoms with Gasteiger partial charge in [0, 0.05) is 0 Å². The van der Waals surface area contributed by atoms with E-state index >= 15 is 0 Å². The predicted octanol–water partition coefficient (Wildman–Crippen LogP) is 4.16. The molecule has 0 fully saturated rings. The first kappa shape index (κ1) is 14.3. The van der Waals surface area contributed by atoms with E-state index in [2.05, 4.69) is 70.1 Å². The first-order valence-corrected chi connectivity index (χ1v) is 6.93. The van der Waals surface area contributed by atoms with Gasteiger partial charge in [-0.2, -0.15) is 10.4 Å². The van der Waals surface area contributed by atoms with E-state index in [0.717, 1.165) is 11.4 Å². The van der Waals surface area contributed by atoms with E-state index in [4.69, 9.17) is 0 Å². The van der Waals surface area contributed by atoms with Gasteiger partial charge in [0.2, 0.25) is 0 Å². The number of nitriles is 1. The van der Waals surface area contributed by atoms with Gasteiger partial charge in [0.1, 0.15) is 6.07 Å². The molecule has 0 atom stereocenters. The fraction of sp³-hybridized carbons (Fsp3) is 0.412. The third-order valence-corrected chi connectivity index (χ3v) is 3.45. The van der Waals surface area contributed by atoms with E-state index in [1.54, 1.807) is 6.20 Å².